The number of hydrogen-bond acceptors (Lipinski definition) is 6. The number of amides is 1. The maximum atomic E-state index is 12.8. The van der Waals surface area contributed by atoms with Crippen LogP contribution in [0, 0.1) is 26.7 Å². The predicted molar refractivity (Wildman–Crippen MR) is 107 cm³/mol. The molecular formula is C20H26N4O4S. The average molecular weight is 419 g/mol. The number of hydrogen-bond donors (Lipinski definition) is 1. The van der Waals surface area contributed by atoms with Gasteiger partial charge in [-0.15, -0.1) is 0 Å². The molecule has 1 saturated heterocycles. The zero-order valence-electron chi connectivity index (χ0n) is 17.1. The molecule has 1 aliphatic carbocycles. The van der Waals surface area contributed by atoms with Gasteiger partial charge >= 0.3 is 0 Å². The minimum Gasteiger partial charge on any atom is -0.349 e. The second-order valence-corrected chi connectivity index (χ2v) is 10.4. The van der Waals surface area contributed by atoms with E-state index in [1.54, 1.807) is 6.92 Å². The Morgan fingerprint density at radius 3 is 2.66 bits per heavy atom. The summed E-state index contributed by atoms with van der Waals surface area (Å²) in [4.78, 5) is 17.2. The van der Waals surface area contributed by atoms with Crippen molar-refractivity contribution in [3.05, 3.63) is 46.6 Å². The van der Waals surface area contributed by atoms with E-state index in [-0.39, 0.29) is 17.9 Å². The molecule has 1 saturated carbocycles. The summed E-state index contributed by atoms with van der Waals surface area (Å²) in [6.07, 6.45) is 2.46. The van der Waals surface area contributed by atoms with Gasteiger partial charge in [-0.2, -0.15) is 4.98 Å². The summed E-state index contributed by atoms with van der Waals surface area (Å²) in [5, 5.41) is 7.04. The molecule has 1 unspecified atom stereocenters. The fourth-order valence-corrected chi connectivity index (χ4v) is 5.59. The van der Waals surface area contributed by atoms with Crippen LogP contribution in [0.1, 0.15) is 46.0 Å². The van der Waals surface area contributed by atoms with Crippen LogP contribution in [0.5, 0.6) is 0 Å². The largest absolute Gasteiger partial charge is 0.349 e. The zero-order valence-corrected chi connectivity index (χ0v) is 17.9. The lowest BCUT2D eigenvalue weighted by Gasteiger charge is -2.24. The third-order valence-electron chi connectivity index (χ3n) is 6.37. The van der Waals surface area contributed by atoms with Gasteiger partial charge in [0.1, 0.15) is 0 Å². The highest BCUT2D eigenvalue weighted by molar-refractivity contribution is 7.88. The van der Waals surface area contributed by atoms with Crippen molar-refractivity contribution >= 4 is 15.9 Å². The molecule has 0 bridgehead atoms. The fourth-order valence-electron chi connectivity index (χ4n) is 4.67. The van der Waals surface area contributed by atoms with Gasteiger partial charge in [0.15, 0.2) is 5.82 Å². The van der Waals surface area contributed by atoms with Crippen molar-refractivity contribution < 1.29 is 17.7 Å². The highest BCUT2D eigenvalue weighted by Gasteiger charge is 2.59. The van der Waals surface area contributed by atoms with Crippen molar-refractivity contribution in [1.29, 1.82) is 0 Å². The van der Waals surface area contributed by atoms with Crippen molar-refractivity contribution in [3.63, 3.8) is 0 Å². The Kier molecular flexibility index (Phi) is 4.77. The number of carbonyl (C=O) groups excluding carboxylic acids is 1. The summed E-state index contributed by atoms with van der Waals surface area (Å²) < 4.78 is 31.2. The van der Waals surface area contributed by atoms with Crippen LogP contribution in [-0.2, 0) is 15.4 Å². The van der Waals surface area contributed by atoms with Gasteiger partial charge in [-0.3, -0.25) is 4.79 Å². The predicted octanol–water partition coefficient (Wildman–Crippen LogP) is 1.72. The van der Waals surface area contributed by atoms with Crippen molar-refractivity contribution in [3.8, 4) is 0 Å². The van der Waals surface area contributed by atoms with Gasteiger partial charge in [0.25, 0.3) is 5.91 Å². The molecule has 1 aromatic heterocycles. The third kappa shape index (κ3) is 3.57. The van der Waals surface area contributed by atoms with E-state index in [0.29, 0.717) is 43.2 Å². The van der Waals surface area contributed by atoms with Crippen LogP contribution >= 0.6 is 0 Å². The van der Waals surface area contributed by atoms with Crippen LogP contribution in [-0.4, -0.2) is 54.2 Å². The van der Waals surface area contributed by atoms with E-state index in [1.807, 2.05) is 32.0 Å². The highest BCUT2D eigenvalue weighted by atomic mass is 32.2. The Hall–Kier alpha value is -2.26. The quantitative estimate of drug-likeness (QED) is 0.810. The van der Waals surface area contributed by atoms with Gasteiger partial charge in [-0.25, -0.2) is 12.7 Å². The topological polar surface area (TPSA) is 105 Å². The SMILES string of the molecule is Cc1noc([C@]23C[C@H](NC(=O)c4ccc(C)c(C)c4)CC2CN(S(C)(=O)=O)C3)n1. The van der Waals surface area contributed by atoms with Gasteiger partial charge < -0.3 is 9.84 Å². The molecule has 156 valence electrons. The normalized spacial score (nSPS) is 27.2. The van der Waals surface area contributed by atoms with Gasteiger partial charge in [0, 0.05) is 24.7 Å². The number of rotatable bonds is 4. The van der Waals surface area contributed by atoms with Crippen molar-refractivity contribution in [1.82, 2.24) is 19.8 Å². The maximum absolute atomic E-state index is 12.8. The van der Waals surface area contributed by atoms with E-state index in [0.717, 1.165) is 11.1 Å². The van der Waals surface area contributed by atoms with Crippen LogP contribution in [0.2, 0.25) is 0 Å². The number of carbonyl (C=O) groups is 1. The average Bonchev–Trinajstić information content (AvgIpc) is 3.29. The molecule has 1 N–H and O–H groups in total. The van der Waals surface area contributed by atoms with Crippen molar-refractivity contribution in [2.75, 3.05) is 19.3 Å². The van der Waals surface area contributed by atoms with Crippen LogP contribution in [0.3, 0.4) is 0 Å². The molecule has 1 aromatic carbocycles. The van der Waals surface area contributed by atoms with Gasteiger partial charge in [0.2, 0.25) is 15.9 Å². The van der Waals surface area contributed by atoms with Crippen molar-refractivity contribution in [2.45, 2.75) is 45.1 Å². The monoisotopic (exact) mass is 418 g/mol. The van der Waals surface area contributed by atoms with Crippen LogP contribution in [0.25, 0.3) is 0 Å². The third-order valence-corrected chi connectivity index (χ3v) is 7.59. The van der Waals surface area contributed by atoms with E-state index in [4.69, 9.17) is 4.52 Å². The number of sulfonamides is 1. The molecule has 9 heteroatoms. The Morgan fingerprint density at radius 2 is 2.03 bits per heavy atom. The first-order valence-corrected chi connectivity index (χ1v) is 11.6. The summed E-state index contributed by atoms with van der Waals surface area (Å²) in [7, 11) is -3.32. The molecule has 2 fully saturated rings. The van der Waals surface area contributed by atoms with Crippen LogP contribution < -0.4 is 5.32 Å². The summed E-state index contributed by atoms with van der Waals surface area (Å²) in [6.45, 7) is 6.44. The van der Waals surface area contributed by atoms with E-state index < -0.39 is 15.4 Å². The van der Waals surface area contributed by atoms with Crippen LogP contribution in [0.4, 0.5) is 0 Å². The lowest BCUT2D eigenvalue weighted by atomic mass is 9.80. The molecule has 2 heterocycles. The molecule has 1 aliphatic heterocycles. The molecule has 3 atom stereocenters. The zero-order chi connectivity index (χ0) is 21.0. The molecule has 2 aliphatic rings. The Morgan fingerprint density at radius 1 is 1.28 bits per heavy atom. The number of nitrogens with one attached hydrogen (secondary N) is 1. The number of benzene rings is 1. The van der Waals surface area contributed by atoms with Gasteiger partial charge in [0.05, 0.1) is 11.7 Å². The molecule has 0 radical (unpaired) electrons. The number of nitrogens with zero attached hydrogens (tertiary/aromatic N) is 3. The molecule has 2 aromatic rings. The first kappa shape index (κ1) is 20.0. The molecule has 8 nitrogen and oxygen atoms in total. The van der Waals surface area contributed by atoms with Crippen LogP contribution in [0.15, 0.2) is 22.7 Å². The summed E-state index contributed by atoms with van der Waals surface area (Å²) in [6, 6.07) is 5.59. The Balaban J connectivity index is 1.57. The highest BCUT2D eigenvalue weighted by Crippen LogP contribution is 2.50. The van der Waals surface area contributed by atoms with E-state index >= 15 is 0 Å². The second kappa shape index (κ2) is 6.91. The fraction of sp³-hybridized carbons (Fsp3) is 0.550. The van der Waals surface area contributed by atoms with E-state index in [2.05, 4.69) is 15.5 Å². The Labute approximate surface area is 170 Å². The second-order valence-electron chi connectivity index (χ2n) is 8.46. The summed E-state index contributed by atoms with van der Waals surface area (Å²) >= 11 is 0. The lowest BCUT2D eigenvalue weighted by molar-refractivity contribution is 0.0934. The lowest BCUT2D eigenvalue weighted by Crippen LogP contribution is -2.39. The number of aryl methyl sites for hydroxylation is 3. The number of aromatic nitrogens is 2. The molecular weight excluding hydrogens is 392 g/mol. The maximum Gasteiger partial charge on any atom is 0.251 e. The minimum atomic E-state index is -3.32. The smallest absolute Gasteiger partial charge is 0.251 e. The first-order valence-electron chi connectivity index (χ1n) is 9.72. The van der Waals surface area contributed by atoms with E-state index in [9.17, 15) is 13.2 Å². The molecule has 0 spiro atoms. The van der Waals surface area contributed by atoms with E-state index in [1.165, 1.54) is 10.6 Å². The summed E-state index contributed by atoms with van der Waals surface area (Å²) in [5.41, 5.74) is 2.28. The van der Waals surface area contributed by atoms with Crippen molar-refractivity contribution in [2.24, 2.45) is 5.92 Å². The molecule has 4 rings (SSSR count). The Bertz CT molecular complexity index is 1060. The molecule has 1 amide bonds. The summed E-state index contributed by atoms with van der Waals surface area (Å²) in [5.74, 6) is 0.889. The first-order chi connectivity index (χ1) is 13.6. The number of fused-ring (bicyclic) bond motifs is 1. The minimum absolute atomic E-state index is 0.0159. The van der Waals surface area contributed by atoms with Gasteiger partial charge in [-0.05, 0) is 62.8 Å². The van der Waals surface area contributed by atoms with Gasteiger partial charge in [-0.1, -0.05) is 11.2 Å². The molecule has 29 heavy (non-hydrogen) atoms. The standard InChI is InChI=1S/C20H26N4O4S/c1-12-5-6-15(7-13(12)2)18(25)22-17-8-16-10-24(29(4,26)27)11-20(16,9-17)19-21-14(3)23-28-19/h5-7,16-17H,8-11H2,1-4H3,(H,22,25)/t16?,17-,20+/m1/s1.